The fourth-order valence-electron chi connectivity index (χ4n) is 7.29. The van der Waals surface area contributed by atoms with Crippen molar-refractivity contribution in [3.8, 4) is 11.5 Å². The number of ether oxygens (including phenoxy) is 4. The van der Waals surface area contributed by atoms with E-state index < -0.39 is 65.6 Å². The van der Waals surface area contributed by atoms with Crippen LogP contribution < -0.4 is 14.8 Å². The fourth-order valence-corrected chi connectivity index (χ4v) is 7.29. The molecule has 0 radical (unpaired) electrons. The molecule has 1 aromatic carbocycles. The highest BCUT2D eigenvalue weighted by atomic mass is 16.6. The molecule has 4 aliphatic rings. The molecule has 2 bridgehead atoms. The van der Waals surface area contributed by atoms with Gasteiger partial charge in [0, 0.05) is 18.0 Å². The van der Waals surface area contributed by atoms with Crippen LogP contribution in [0.1, 0.15) is 57.6 Å². The van der Waals surface area contributed by atoms with Gasteiger partial charge in [0.2, 0.25) is 0 Å². The van der Waals surface area contributed by atoms with Gasteiger partial charge in [-0.15, -0.1) is 0 Å². The Morgan fingerprint density at radius 1 is 1.20 bits per heavy atom. The first-order chi connectivity index (χ1) is 20.7. The number of amides is 1. The fraction of sp³-hybridized carbons (Fsp3) is 0.613. The predicted octanol–water partition coefficient (Wildman–Crippen LogP) is 0.814. The normalized spacial score (nSPS) is 28.5. The lowest BCUT2D eigenvalue weighted by molar-refractivity contribution is -0.173. The molecule has 2 aliphatic heterocycles. The highest BCUT2D eigenvalue weighted by Gasteiger charge is 2.72. The second kappa shape index (κ2) is 11.7. The number of hydrogen-bond acceptors (Lipinski definition) is 11. The summed E-state index contributed by atoms with van der Waals surface area (Å²) in [6, 6.07) is 2.44. The summed E-state index contributed by atoms with van der Waals surface area (Å²) in [5.74, 6) is -3.10. The SMILES string of the molecule is COc1ccc2c3c1O[C@@H]1C(OC(=O)[C@@H](O)CC(=O)O[C@@H](C)C(=O)N[C@@H](CC(C)C)C(=O)O)=CC[C@]4(O)[C@H](C2)N(C)CC[C@@]314. The number of carboxylic acid groups (broad SMARTS) is 1. The summed E-state index contributed by atoms with van der Waals surface area (Å²) in [5.41, 5.74) is -0.247. The molecule has 2 aliphatic carbocycles. The molecule has 5 rings (SSSR count). The quantitative estimate of drug-likeness (QED) is 0.257. The number of benzene rings is 1. The molecule has 0 unspecified atom stereocenters. The van der Waals surface area contributed by atoms with E-state index >= 15 is 0 Å². The first kappa shape index (κ1) is 31.7. The summed E-state index contributed by atoms with van der Waals surface area (Å²) in [7, 11) is 3.51. The minimum absolute atomic E-state index is 0.00466. The Hall–Kier alpha value is -3.68. The van der Waals surface area contributed by atoms with Gasteiger partial charge in [-0.05, 0) is 63.4 Å². The number of carbonyl (C=O) groups excluding carboxylic acids is 3. The predicted molar refractivity (Wildman–Crippen MR) is 153 cm³/mol. The van der Waals surface area contributed by atoms with Crippen molar-refractivity contribution >= 4 is 23.8 Å². The summed E-state index contributed by atoms with van der Waals surface area (Å²) in [6.07, 6.45) is -1.85. The molecule has 2 heterocycles. The molecule has 0 aromatic heterocycles. The van der Waals surface area contributed by atoms with Crippen LogP contribution in [0.4, 0.5) is 0 Å². The van der Waals surface area contributed by atoms with E-state index in [1.807, 2.05) is 19.2 Å². The van der Waals surface area contributed by atoms with Gasteiger partial charge in [0.1, 0.15) is 11.8 Å². The molecule has 1 fully saturated rings. The van der Waals surface area contributed by atoms with Crippen molar-refractivity contribution in [3.63, 3.8) is 0 Å². The molecule has 0 saturated carbocycles. The van der Waals surface area contributed by atoms with E-state index in [1.165, 1.54) is 14.0 Å². The van der Waals surface area contributed by atoms with Crippen LogP contribution in [-0.2, 0) is 40.5 Å². The van der Waals surface area contributed by atoms with Gasteiger partial charge in [0.25, 0.3) is 5.91 Å². The zero-order chi connectivity index (χ0) is 32.1. The first-order valence-corrected chi connectivity index (χ1v) is 14.9. The number of aliphatic carboxylic acids is 1. The number of aliphatic hydroxyl groups is 2. The Balaban J connectivity index is 1.27. The maximum Gasteiger partial charge on any atom is 0.340 e. The third kappa shape index (κ3) is 5.10. The molecule has 7 atom stereocenters. The number of esters is 2. The molecule has 13 nitrogen and oxygen atoms in total. The standard InChI is InChI=1S/C31H40N2O11/c1-15(2)12-18(28(37)38)32-27(36)16(3)42-23(35)14-19(34)29(39)43-21-8-9-31(40)22-13-17-6-7-20(41-5)25-24(17)30(31,26(21)44-25)10-11-33(22)4/h6-8,15-16,18-19,22,26,34,40H,9-14H2,1-5H3,(H,32,36)(H,37,38)/t16-,18-,19-,22-,26+,30+,31-/m0/s1. The number of piperidine rings is 1. The molecule has 1 saturated heterocycles. The number of hydrogen-bond donors (Lipinski definition) is 4. The van der Waals surface area contributed by atoms with Crippen LogP contribution >= 0.6 is 0 Å². The number of methoxy groups -OCH3 is 1. The summed E-state index contributed by atoms with van der Waals surface area (Å²) >= 11 is 0. The Kier molecular flexibility index (Phi) is 8.42. The minimum atomic E-state index is -1.92. The average Bonchev–Trinajstić information content (AvgIpc) is 3.31. The lowest BCUT2D eigenvalue weighted by Crippen LogP contribution is -2.74. The van der Waals surface area contributed by atoms with Gasteiger partial charge in [-0.25, -0.2) is 9.59 Å². The topological polar surface area (TPSA) is 181 Å². The Bertz CT molecular complexity index is 1390. The van der Waals surface area contributed by atoms with Crippen LogP contribution in [0.2, 0.25) is 0 Å². The Labute approximate surface area is 255 Å². The number of carbonyl (C=O) groups is 4. The van der Waals surface area contributed by atoms with Gasteiger partial charge in [0.15, 0.2) is 29.8 Å². The average molecular weight is 617 g/mol. The largest absolute Gasteiger partial charge is 0.493 e. The molecule has 1 spiro atoms. The number of likely N-dealkylation sites (N-methyl/N-ethyl adjacent to an activating group) is 1. The van der Waals surface area contributed by atoms with Gasteiger partial charge in [-0.2, -0.15) is 0 Å². The van der Waals surface area contributed by atoms with E-state index in [1.54, 1.807) is 19.9 Å². The number of aliphatic hydroxyl groups excluding tert-OH is 1. The van der Waals surface area contributed by atoms with Crippen molar-refractivity contribution < 1.29 is 53.4 Å². The number of nitrogens with zero attached hydrogens (tertiary/aromatic N) is 1. The maximum absolute atomic E-state index is 13.0. The molecule has 240 valence electrons. The van der Waals surface area contributed by atoms with Crippen LogP contribution in [0, 0.1) is 5.92 Å². The van der Waals surface area contributed by atoms with Crippen LogP contribution in [0.15, 0.2) is 24.0 Å². The number of rotatable bonds is 11. The molecular weight excluding hydrogens is 576 g/mol. The zero-order valence-corrected chi connectivity index (χ0v) is 25.5. The summed E-state index contributed by atoms with van der Waals surface area (Å²) in [4.78, 5) is 51.5. The van der Waals surface area contributed by atoms with E-state index in [4.69, 9.17) is 18.9 Å². The van der Waals surface area contributed by atoms with Crippen LogP contribution in [0.5, 0.6) is 11.5 Å². The highest BCUT2D eigenvalue weighted by Crippen LogP contribution is 2.65. The maximum atomic E-state index is 13.0. The van der Waals surface area contributed by atoms with Crippen LogP contribution in [-0.4, -0.2) is 101 Å². The number of likely N-dealkylation sites (tertiary alicyclic amines) is 1. The van der Waals surface area contributed by atoms with Gasteiger partial charge >= 0.3 is 17.9 Å². The van der Waals surface area contributed by atoms with E-state index in [0.29, 0.717) is 30.9 Å². The lowest BCUT2D eigenvalue weighted by Gasteiger charge is -2.61. The molecule has 1 amide bonds. The third-order valence-electron chi connectivity index (χ3n) is 9.41. The number of nitrogens with one attached hydrogen (secondary N) is 1. The monoisotopic (exact) mass is 616 g/mol. The van der Waals surface area contributed by atoms with Gasteiger partial charge < -0.3 is 44.5 Å². The van der Waals surface area contributed by atoms with Crippen LogP contribution in [0.3, 0.4) is 0 Å². The summed E-state index contributed by atoms with van der Waals surface area (Å²) in [5, 5.41) is 34.5. The first-order valence-electron chi connectivity index (χ1n) is 14.9. The Morgan fingerprint density at radius 3 is 2.59 bits per heavy atom. The van der Waals surface area contributed by atoms with Crippen molar-refractivity contribution in [1.82, 2.24) is 10.2 Å². The molecule has 13 heteroatoms. The second-order valence-corrected chi connectivity index (χ2v) is 12.6. The minimum Gasteiger partial charge on any atom is -0.493 e. The van der Waals surface area contributed by atoms with Crippen LogP contribution in [0.25, 0.3) is 0 Å². The molecule has 44 heavy (non-hydrogen) atoms. The van der Waals surface area contributed by atoms with Crippen molar-refractivity contribution in [2.45, 2.75) is 94.3 Å². The van der Waals surface area contributed by atoms with Gasteiger partial charge in [-0.1, -0.05) is 19.9 Å². The molecule has 4 N–H and O–H groups in total. The summed E-state index contributed by atoms with van der Waals surface area (Å²) < 4.78 is 22.7. The molecule has 1 aromatic rings. The Morgan fingerprint density at radius 2 is 1.93 bits per heavy atom. The lowest BCUT2D eigenvalue weighted by atomic mass is 9.50. The number of carboxylic acids is 1. The van der Waals surface area contributed by atoms with Crippen molar-refractivity contribution in [3.05, 3.63) is 35.1 Å². The van der Waals surface area contributed by atoms with Crippen molar-refractivity contribution in [1.29, 1.82) is 0 Å². The van der Waals surface area contributed by atoms with Gasteiger partial charge in [-0.3, -0.25) is 9.59 Å². The summed E-state index contributed by atoms with van der Waals surface area (Å²) in [6.45, 7) is 5.55. The smallest absolute Gasteiger partial charge is 0.340 e. The second-order valence-electron chi connectivity index (χ2n) is 12.6. The highest BCUT2D eigenvalue weighted by molar-refractivity contribution is 5.88. The molecular formula is C31H40N2O11. The van der Waals surface area contributed by atoms with E-state index in [0.717, 1.165) is 11.1 Å². The van der Waals surface area contributed by atoms with Crippen molar-refractivity contribution in [2.24, 2.45) is 5.92 Å². The van der Waals surface area contributed by atoms with Gasteiger partial charge in [0.05, 0.1) is 24.5 Å². The van der Waals surface area contributed by atoms with E-state index in [9.17, 15) is 34.5 Å². The third-order valence-corrected chi connectivity index (χ3v) is 9.41. The zero-order valence-electron chi connectivity index (χ0n) is 25.5. The van der Waals surface area contributed by atoms with E-state index in [-0.39, 0.29) is 30.6 Å². The van der Waals surface area contributed by atoms with Crippen molar-refractivity contribution in [2.75, 3.05) is 20.7 Å². The van der Waals surface area contributed by atoms with E-state index in [2.05, 4.69) is 10.2 Å².